The largest absolute Gasteiger partial charge is 0.504 e. The molecule has 0 aliphatic heterocycles. The number of nitrogens with zero attached hydrogens (tertiary/aromatic N) is 2. The summed E-state index contributed by atoms with van der Waals surface area (Å²) < 4.78 is 1.55. The molecule has 0 spiro atoms. The van der Waals surface area contributed by atoms with Gasteiger partial charge in [-0.1, -0.05) is 23.2 Å². The Bertz CT molecular complexity index is 610. The molecule has 2 rings (SSSR count). The van der Waals surface area contributed by atoms with Gasteiger partial charge in [-0.05, 0) is 12.1 Å². The predicted octanol–water partition coefficient (Wildman–Crippen LogP) is 2.68. The van der Waals surface area contributed by atoms with Crippen LogP contribution in [0.25, 0.3) is 0 Å². The molecule has 2 aromatic rings. The number of hydrogen-bond donors (Lipinski definition) is 2. The first-order valence-electron chi connectivity index (χ1n) is 4.94. The van der Waals surface area contributed by atoms with Crippen molar-refractivity contribution < 1.29 is 9.90 Å². The zero-order chi connectivity index (χ0) is 13.3. The number of halogens is 2. The summed E-state index contributed by atoms with van der Waals surface area (Å²) in [6.45, 7) is 0. The molecule has 94 valence electrons. The highest BCUT2D eigenvalue weighted by Crippen LogP contribution is 2.35. The molecule has 1 aromatic carbocycles. The number of aromatic hydroxyl groups is 1. The average Bonchev–Trinajstić information content (AvgIpc) is 2.71. The first-order chi connectivity index (χ1) is 8.49. The molecule has 0 aliphatic carbocycles. The fourth-order valence-corrected chi connectivity index (χ4v) is 1.92. The average molecular weight is 286 g/mol. The SMILES string of the molecule is Cn1cncc1C(=O)Nc1cc(Cl)cc(Cl)c1O. The molecule has 1 heterocycles. The lowest BCUT2D eigenvalue weighted by molar-refractivity contribution is 0.101. The quantitative estimate of drug-likeness (QED) is 0.834. The minimum absolute atomic E-state index is 0.0720. The minimum Gasteiger partial charge on any atom is -0.504 e. The van der Waals surface area contributed by atoms with Crippen LogP contribution < -0.4 is 5.32 Å². The zero-order valence-corrected chi connectivity index (χ0v) is 10.8. The maximum Gasteiger partial charge on any atom is 0.274 e. The third-order valence-electron chi connectivity index (χ3n) is 2.33. The maximum absolute atomic E-state index is 11.9. The number of amides is 1. The van der Waals surface area contributed by atoms with Crippen LogP contribution in [0.2, 0.25) is 10.0 Å². The molecule has 0 unspecified atom stereocenters. The molecule has 0 fully saturated rings. The summed E-state index contributed by atoms with van der Waals surface area (Å²) in [5.41, 5.74) is 0.504. The highest BCUT2D eigenvalue weighted by Gasteiger charge is 2.14. The molecular weight excluding hydrogens is 277 g/mol. The Kier molecular flexibility index (Phi) is 3.45. The van der Waals surface area contributed by atoms with Crippen molar-refractivity contribution in [2.75, 3.05) is 5.32 Å². The smallest absolute Gasteiger partial charge is 0.274 e. The van der Waals surface area contributed by atoms with E-state index >= 15 is 0 Å². The first-order valence-corrected chi connectivity index (χ1v) is 5.70. The number of phenolic OH excluding ortho intramolecular Hbond substituents is 1. The molecule has 0 saturated carbocycles. The third kappa shape index (κ3) is 2.42. The summed E-state index contributed by atoms with van der Waals surface area (Å²) in [4.78, 5) is 15.7. The Morgan fingerprint density at radius 3 is 2.78 bits per heavy atom. The number of carbonyl (C=O) groups excluding carboxylic acids is 1. The van der Waals surface area contributed by atoms with Gasteiger partial charge in [-0.2, -0.15) is 0 Å². The molecule has 0 radical (unpaired) electrons. The topological polar surface area (TPSA) is 67.2 Å². The lowest BCUT2D eigenvalue weighted by atomic mass is 10.2. The van der Waals surface area contributed by atoms with Crippen molar-refractivity contribution in [1.29, 1.82) is 0 Å². The molecule has 7 heteroatoms. The van der Waals surface area contributed by atoms with Gasteiger partial charge in [-0.15, -0.1) is 0 Å². The summed E-state index contributed by atoms with van der Waals surface area (Å²) in [5.74, 6) is -0.639. The van der Waals surface area contributed by atoms with Gasteiger partial charge in [-0.25, -0.2) is 4.98 Å². The zero-order valence-electron chi connectivity index (χ0n) is 9.32. The fourth-order valence-electron chi connectivity index (χ4n) is 1.42. The Morgan fingerprint density at radius 2 is 2.17 bits per heavy atom. The normalized spacial score (nSPS) is 10.4. The number of nitrogens with one attached hydrogen (secondary N) is 1. The number of carbonyl (C=O) groups is 1. The molecular formula is C11H9Cl2N3O2. The number of anilines is 1. The summed E-state index contributed by atoms with van der Waals surface area (Å²) >= 11 is 11.6. The molecule has 2 N–H and O–H groups in total. The third-order valence-corrected chi connectivity index (χ3v) is 2.83. The van der Waals surface area contributed by atoms with Crippen molar-refractivity contribution >= 4 is 34.8 Å². The van der Waals surface area contributed by atoms with Gasteiger partial charge < -0.3 is 15.0 Å². The van der Waals surface area contributed by atoms with E-state index in [9.17, 15) is 9.90 Å². The van der Waals surface area contributed by atoms with Gasteiger partial charge in [0, 0.05) is 12.1 Å². The molecule has 1 amide bonds. The van der Waals surface area contributed by atoms with E-state index in [0.29, 0.717) is 10.7 Å². The minimum atomic E-state index is -0.413. The van der Waals surface area contributed by atoms with Crippen LogP contribution in [0.1, 0.15) is 10.5 Å². The van der Waals surface area contributed by atoms with Crippen molar-refractivity contribution in [2.24, 2.45) is 7.05 Å². The molecule has 18 heavy (non-hydrogen) atoms. The van der Waals surface area contributed by atoms with E-state index in [2.05, 4.69) is 10.3 Å². The van der Waals surface area contributed by atoms with Crippen LogP contribution in [0.15, 0.2) is 24.7 Å². The summed E-state index contributed by atoms with van der Waals surface area (Å²) in [6, 6.07) is 2.80. The highest BCUT2D eigenvalue weighted by atomic mass is 35.5. The monoisotopic (exact) mass is 285 g/mol. The number of phenols is 1. The van der Waals surface area contributed by atoms with E-state index < -0.39 is 5.91 Å². The standard InChI is InChI=1S/C11H9Cl2N3O2/c1-16-5-14-4-9(16)11(18)15-8-3-6(12)2-7(13)10(8)17/h2-5,17H,1H3,(H,15,18). The Labute approximate surface area is 113 Å². The van der Waals surface area contributed by atoms with Crippen molar-refractivity contribution in [1.82, 2.24) is 9.55 Å². The van der Waals surface area contributed by atoms with Crippen LogP contribution in [0.4, 0.5) is 5.69 Å². The van der Waals surface area contributed by atoms with Gasteiger partial charge in [0.2, 0.25) is 0 Å². The van der Waals surface area contributed by atoms with Crippen molar-refractivity contribution in [3.05, 3.63) is 40.4 Å². The van der Waals surface area contributed by atoms with Crippen LogP contribution in [0.5, 0.6) is 5.75 Å². The van der Waals surface area contributed by atoms with E-state index in [0.717, 1.165) is 0 Å². The van der Waals surface area contributed by atoms with Crippen molar-refractivity contribution in [2.45, 2.75) is 0 Å². The van der Waals surface area contributed by atoms with Crippen LogP contribution in [-0.4, -0.2) is 20.6 Å². The van der Waals surface area contributed by atoms with Crippen LogP contribution in [-0.2, 0) is 7.05 Å². The van der Waals surface area contributed by atoms with Gasteiger partial charge >= 0.3 is 0 Å². The van der Waals surface area contributed by atoms with Crippen LogP contribution in [0.3, 0.4) is 0 Å². The van der Waals surface area contributed by atoms with E-state index in [1.54, 1.807) is 11.6 Å². The second-order valence-electron chi connectivity index (χ2n) is 3.63. The van der Waals surface area contributed by atoms with Gasteiger partial charge in [0.05, 0.1) is 23.2 Å². The van der Waals surface area contributed by atoms with Gasteiger partial charge in [0.15, 0.2) is 5.75 Å². The summed E-state index contributed by atoms with van der Waals surface area (Å²) in [5, 5.41) is 12.6. The Morgan fingerprint density at radius 1 is 1.44 bits per heavy atom. The number of rotatable bonds is 2. The lowest BCUT2D eigenvalue weighted by Gasteiger charge is -2.09. The molecule has 0 atom stereocenters. The van der Waals surface area contributed by atoms with E-state index in [4.69, 9.17) is 23.2 Å². The molecule has 0 saturated heterocycles. The summed E-state index contributed by atoms with van der Waals surface area (Å²) in [7, 11) is 1.69. The van der Waals surface area contributed by atoms with Crippen LogP contribution >= 0.6 is 23.2 Å². The predicted molar refractivity (Wildman–Crippen MR) is 69.3 cm³/mol. The molecule has 0 bridgehead atoms. The van der Waals surface area contributed by atoms with E-state index in [1.165, 1.54) is 24.7 Å². The van der Waals surface area contributed by atoms with E-state index in [-0.39, 0.29) is 16.5 Å². The van der Waals surface area contributed by atoms with Gasteiger partial charge in [0.25, 0.3) is 5.91 Å². The lowest BCUT2D eigenvalue weighted by Crippen LogP contribution is -2.15. The summed E-state index contributed by atoms with van der Waals surface area (Å²) in [6.07, 6.45) is 2.91. The number of benzene rings is 1. The van der Waals surface area contributed by atoms with Gasteiger partial charge in [0.1, 0.15) is 5.69 Å². The number of imidazole rings is 1. The number of aromatic nitrogens is 2. The van der Waals surface area contributed by atoms with Gasteiger partial charge in [-0.3, -0.25) is 4.79 Å². The number of aryl methyl sites for hydroxylation is 1. The van der Waals surface area contributed by atoms with E-state index in [1.807, 2.05) is 0 Å². The second kappa shape index (κ2) is 4.88. The Hall–Kier alpha value is -1.72. The van der Waals surface area contributed by atoms with Crippen molar-refractivity contribution in [3.63, 3.8) is 0 Å². The fraction of sp³-hybridized carbons (Fsp3) is 0.0909. The second-order valence-corrected chi connectivity index (χ2v) is 4.47. The molecule has 1 aromatic heterocycles. The molecule has 5 nitrogen and oxygen atoms in total. The molecule has 0 aliphatic rings. The Balaban J connectivity index is 2.30. The number of hydrogen-bond acceptors (Lipinski definition) is 3. The first kappa shape index (κ1) is 12.7. The van der Waals surface area contributed by atoms with Crippen molar-refractivity contribution in [3.8, 4) is 5.75 Å². The van der Waals surface area contributed by atoms with Crippen LogP contribution in [0, 0.1) is 0 Å². The highest BCUT2D eigenvalue weighted by molar-refractivity contribution is 6.36. The maximum atomic E-state index is 11.9.